The molecule has 22 nitrogen and oxygen atoms in total. The molecule has 0 unspecified atom stereocenters. The molecule has 32 heavy (non-hydrogen) atoms. The monoisotopic (exact) mass is 476 g/mol. The first-order chi connectivity index (χ1) is 14.5. The molecule has 0 atom stereocenters. The van der Waals surface area contributed by atoms with Crippen molar-refractivity contribution in [2.24, 2.45) is 0 Å². The van der Waals surface area contributed by atoms with Gasteiger partial charge in [-0.2, -0.15) is 44.9 Å². The van der Waals surface area contributed by atoms with Crippen molar-refractivity contribution >= 4 is 61.4 Å². The Hall–Kier alpha value is -4.66. The highest BCUT2D eigenvalue weighted by atomic mass is 31.2. The summed E-state index contributed by atoms with van der Waals surface area (Å²) in [6.07, 6.45) is 0. The van der Waals surface area contributed by atoms with Crippen LogP contribution >= 0.6 is 7.82 Å². The van der Waals surface area contributed by atoms with Gasteiger partial charge in [0.15, 0.2) is 0 Å². The van der Waals surface area contributed by atoms with Gasteiger partial charge in [0.1, 0.15) is 0 Å². The van der Waals surface area contributed by atoms with Crippen molar-refractivity contribution in [1.82, 2.24) is 44.9 Å². The average molecular weight is 476 g/mol. The summed E-state index contributed by atoms with van der Waals surface area (Å²) < 4.78 is 8.88. The predicted molar refractivity (Wildman–Crippen MR) is 113 cm³/mol. The maximum absolute atomic E-state index is 8.88. The molecule has 3 rings (SSSR count). The molecule has 176 valence electrons. The van der Waals surface area contributed by atoms with Gasteiger partial charge in [0.25, 0.3) is 0 Å². The second kappa shape index (κ2) is 12.1. The fourth-order valence-corrected chi connectivity index (χ4v) is 1.28. The highest BCUT2D eigenvalue weighted by Gasteiger charge is 2.00. The van der Waals surface area contributed by atoms with Crippen molar-refractivity contribution in [1.29, 1.82) is 0 Å². The van der Waals surface area contributed by atoms with Crippen LogP contribution in [0, 0.1) is 0 Å². The molecular formula is C9H21N18O4P. The van der Waals surface area contributed by atoms with Crippen LogP contribution in [0.3, 0.4) is 0 Å². The fraction of sp³-hybridized carbons (Fsp3) is 0. The zero-order valence-electron chi connectivity index (χ0n) is 15.9. The van der Waals surface area contributed by atoms with Crippen molar-refractivity contribution in [3.8, 4) is 0 Å². The predicted octanol–water partition coefficient (Wildman–Crippen LogP) is -5.07. The summed E-state index contributed by atoms with van der Waals surface area (Å²) in [6, 6.07) is 0. The molecule has 0 aliphatic rings. The van der Waals surface area contributed by atoms with Crippen LogP contribution in [-0.4, -0.2) is 59.5 Å². The Labute approximate surface area is 178 Å². The molecule has 21 N–H and O–H groups in total. The van der Waals surface area contributed by atoms with Gasteiger partial charge in [0.05, 0.1) is 0 Å². The van der Waals surface area contributed by atoms with E-state index in [0.717, 1.165) is 0 Å². The smallest absolute Gasteiger partial charge is 0.368 e. The van der Waals surface area contributed by atoms with E-state index in [0.29, 0.717) is 0 Å². The van der Waals surface area contributed by atoms with E-state index in [9.17, 15) is 0 Å². The quantitative estimate of drug-likeness (QED) is 0.135. The molecule has 23 heteroatoms. The van der Waals surface area contributed by atoms with E-state index in [2.05, 4.69) is 44.9 Å². The first-order valence-corrected chi connectivity index (χ1v) is 8.97. The maximum atomic E-state index is 8.88. The van der Waals surface area contributed by atoms with Crippen LogP contribution in [0.2, 0.25) is 0 Å². The number of hydrogen-bond acceptors (Lipinski definition) is 19. The summed E-state index contributed by atoms with van der Waals surface area (Å²) in [5.74, 6) is 0.375. The minimum absolute atomic E-state index is 0.0417. The summed E-state index contributed by atoms with van der Waals surface area (Å²) in [5.41, 5.74) is 46.2. The lowest BCUT2D eigenvalue weighted by molar-refractivity contribution is 0.275. The van der Waals surface area contributed by atoms with Crippen molar-refractivity contribution < 1.29 is 19.2 Å². The van der Waals surface area contributed by atoms with E-state index in [4.69, 9.17) is 70.8 Å². The Kier molecular flexibility index (Phi) is 10.4. The molecule has 3 aromatic rings. The third kappa shape index (κ3) is 15.3. The largest absolute Gasteiger partial charge is 0.466 e. The van der Waals surface area contributed by atoms with Crippen LogP contribution in [-0.2, 0) is 4.57 Å². The summed E-state index contributed by atoms with van der Waals surface area (Å²) in [4.78, 5) is 53.0. The van der Waals surface area contributed by atoms with Gasteiger partial charge in [-0.05, 0) is 0 Å². The Balaban J connectivity index is 0.000000410. The van der Waals surface area contributed by atoms with Gasteiger partial charge in [0, 0.05) is 0 Å². The normalized spacial score (nSPS) is 9.72. The van der Waals surface area contributed by atoms with Gasteiger partial charge in [-0.25, -0.2) is 4.57 Å². The molecule has 3 aromatic heterocycles. The zero-order valence-corrected chi connectivity index (χ0v) is 16.8. The topological polar surface area (TPSA) is 428 Å². The minimum Gasteiger partial charge on any atom is -0.368 e. The van der Waals surface area contributed by atoms with Crippen molar-refractivity contribution in [2.75, 3.05) is 51.6 Å². The third-order valence-electron chi connectivity index (χ3n) is 2.06. The van der Waals surface area contributed by atoms with E-state index in [1.165, 1.54) is 0 Å². The Morgan fingerprint density at radius 1 is 0.375 bits per heavy atom. The lowest BCUT2D eigenvalue weighted by atomic mass is 10.9. The molecule has 0 amide bonds. The van der Waals surface area contributed by atoms with E-state index < -0.39 is 7.82 Å². The first kappa shape index (κ1) is 27.3. The summed E-state index contributed by atoms with van der Waals surface area (Å²) in [6.45, 7) is 0. The highest BCUT2D eigenvalue weighted by molar-refractivity contribution is 7.45. The Morgan fingerprint density at radius 2 is 0.438 bits per heavy atom. The van der Waals surface area contributed by atoms with E-state index in [-0.39, 0.29) is 53.5 Å². The number of nitrogens with zero attached hydrogens (tertiary/aromatic N) is 9. The lowest BCUT2D eigenvalue weighted by Gasteiger charge is -1.93. The van der Waals surface area contributed by atoms with Crippen molar-refractivity contribution in [3.05, 3.63) is 0 Å². The van der Waals surface area contributed by atoms with Crippen LogP contribution in [0.5, 0.6) is 0 Å². The van der Waals surface area contributed by atoms with Gasteiger partial charge in [-0.3, -0.25) is 0 Å². The van der Waals surface area contributed by atoms with E-state index in [1.54, 1.807) is 0 Å². The number of phosphoric acid groups is 1. The van der Waals surface area contributed by atoms with E-state index in [1.807, 2.05) is 0 Å². The molecule has 0 aromatic carbocycles. The summed E-state index contributed by atoms with van der Waals surface area (Å²) >= 11 is 0. The van der Waals surface area contributed by atoms with Crippen LogP contribution in [0.1, 0.15) is 0 Å². The standard InChI is InChI=1S/3C3H6N6.H3O4P/c3*4-1-7-2(5)9-3(6)8-1;1-5(2,3)4/h3*(H6,4,5,6,7,8,9);(H3,1,2,3,4). The second-order valence-corrected chi connectivity index (χ2v) is 5.77. The number of hydrogen-bond donors (Lipinski definition) is 12. The summed E-state index contributed by atoms with van der Waals surface area (Å²) in [5, 5.41) is 0. The number of nitrogen functional groups attached to an aromatic ring is 9. The Morgan fingerprint density at radius 3 is 0.500 bits per heavy atom. The molecule has 0 fully saturated rings. The average Bonchev–Trinajstić information content (AvgIpc) is 2.49. The van der Waals surface area contributed by atoms with Gasteiger partial charge >= 0.3 is 7.82 Å². The third-order valence-corrected chi connectivity index (χ3v) is 2.06. The second-order valence-electron chi connectivity index (χ2n) is 4.74. The molecule has 0 saturated heterocycles. The molecule has 0 saturated carbocycles. The Bertz CT molecular complexity index is 783. The van der Waals surface area contributed by atoms with Crippen LogP contribution < -0.4 is 51.6 Å². The highest BCUT2D eigenvalue weighted by Crippen LogP contribution is 2.25. The van der Waals surface area contributed by atoms with Gasteiger partial charge in [-0.1, -0.05) is 0 Å². The number of rotatable bonds is 0. The number of anilines is 9. The first-order valence-electron chi connectivity index (χ1n) is 7.41. The van der Waals surface area contributed by atoms with E-state index >= 15 is 0 Å². The SMILES string of the molecule is Nc1nc(N)nc(N)n1.Nc1nc(N)nc(N)n1.Nc1nc(N)nc(N)n1.O=P(O)(O)O. The maximum Gasteiger partial charge on any atom is 0.466 e. The van der Waals surface area contributed by atoms with Gasteiger partial charge in [0.2, 0.25) is 53.5 Å². The molecular weight excluding hydrogens is 455 g/mol. The van der Waals surface area contributed by atoms with Gasteiger partial charge < -0.3 is 66.3 Å². The van der Waals surface area contributed by atoms with Crippen LogP contribution in [0.15, 0.2) is 0 Å². The fourth-order valence-electron chi connectivity index (χ4n) is 1.28. The molecule has 0 bridgehead atoms. The summed E-state index contributed by atoms with van der Waals surface area (Å²) in [7, 11) is -4.64. The lowest BCUT2D eigenvalue weighted by Crippen LogP contribution is -2.05. The van der Waals surface area contributed by atoms with Crippen molar-refractivity contribution in [2.45, 2.75) is 0 Å². The number of nitrogens with two attached hydrogens (primary N) is 9. The molecule has 3 heterocycles. The molecule has 0 spiro atoms. The molecule has 0 aliphatic heterocycles. The van der Waals surface area contributed by atoms with Crippen LogP contribution in [0.4, 0.5) is 53.5 Å². The van der Waals surface area contributed by atoms with Crippen molar-refractivity contribution in [3.63, 3.8) is 0 Å². The molecule has 0 aliphatic carbocycles. The number of aromatic nitrogens is 9. The minimum atomic E-state index is -4.64. The van der Waals surface area contributed by atoms with Crippen LogP contribution in [0.25, 0.3) is 0 Å². The van der Waals surface area contributed by atoms with Gasteiger partial charge in [-0.15, -0.1) is 0 Å². The zero-order chi connectivity index (χ0) is 25.1. The molecule has 0 radical (unpaired) electrons.